The van der Waals surface area contributed by atoms with Gasteiger partial charge in [0, 0.05) is 23.0 Å². The molecule has 21 heavy (non-hydrogen) atoms. The molecule has 1 aromatic rings. The van der Waals surface area contributed by atoms with Crippen molar-refractivity contribution in [1.29, 1.82) is 0 Å². The number of hydrogen-bond acceptors (Lipinski definition) is 4. The van der Waals surface area contributed by atoms with Gasteiger partial charge >= 0.3 is 0 Å². The number of unbranched alkanes of at least 4 members (excludes halogenated alkanes) is 1. The van der Waals surface area contributed by atoms with Crippen LogP contribution in [0.3, 0.4) is 0 Å². The molecule has 0 spiro atoms. The van der Waals surface area contributed by atoms with Gasteiger partial charge in [0.05, 0.1) is 12.4 Å². The van der Waals surface area contributed by atoms with Crippen molar-refractivity contribution >= 4 is 26.0 Å². The molecule has 0 aromatic heterocycles. The van der Waals surface area contributed by atoms with E-state index in [-0.39, 0.29) is 12.3 Å². The zero-order chi connectivity index (χ0) is 15.3. The lowest BCUT2D eigenvalue weighted by Gasteiger charge is -2.11. The first kappa shape index (κ1) is 16.7. The van der Waals surface area contributed by atoms with Gasteiger partial charge in [-0.1, -0.05) is 15.9 Å². The highest BCUT2D eigenvalue weighted by Gasteiger charge is 2.19. The van der Waals surface area contributed by atoms with Crippen LogP contribution in [-0.4, -0.2) is 34.4 Å². The normalized spacial score (nSPS) is 14.0. The SMILES string of the molecule is CNCCCCS(=O)(=O)NCc1cc(Br)cc2c1OCC2. The van der Waals surface area contributed by atoms with Crippen molar-refractivity contribution in [3.05, 3.63) is 27.7 Å². The number of nitrogens with one attached hydrogen (secondary N) is 2. The minimum absolute atomic E-state index is 0.158. The second-order valence-electron chi connectivity index (χ2n) is 5.10. The van der Waals surface area contributed by atoms with Crippen LogP contribution in [-0.2, 0) is 23.0 Å². The van der Waals surface area contributed by atoms with E-state index in [0.717, 1.165) is 40.7 Å². The van der Waals surface area contributed by atoms with E-state index in [1.807, 2.05) is 19.2 Å². The Kier molecular flexibility index (Phi) is 6.04. The molecule has 0 unspecified atom stereocenters. The summed E-state index contributed by atoms with van der Waals surface area (Å²) in [7, 11) is -1.38. The number of fused-ring (bicyclic) bond motifs is 1. The van der Waals surface area contributed by atoms with Gasteiger partial charge in [-0.2, -0.15) is 0 Å². The summed E-state index contributed by atoms with van der Waals surface area (Å²) in [5.41, 5.74) is 2.02. The van der Waals surface area contributed by atoms with Crippen LogP contribution in [0.15, 0.2) is 16.6 Å². The van der Waals surface area contributed by atoms with Crippen molar-refractivity contribution in [2.45, 2.75) is 25.8 Å². The summed E-state index contributed by atoms with van der Waals surface area (Å²) in [6.07, 6.45) is 2.38. The molecule has 2 N–H and O–H groups in total. The highest BCUT2D eigenvalue weighted by molar-refractivity contribution is 9.10. The summed E-state index contributed by atoms with van der Waals surface area (Å²) < 4.78 is 33.1. The molecule has 1 aliphatic rings. The van der Waals surface area contributed by atoms with Gasteiger partial charge in [-0.3, -0.25) is 0 Å². The van der Waals surface area contributed by atoms with Crippen molar-refractivity contribution in [3.8, 4) is 5.75 Å². The molecule has 1 aromatic carbocycles. The van der Waals surface area contributed by atoms with Crippen LogP contribution >= 0.6 is 15.9 Å². The third-order valence-corrected chi connectivity index (χ3v) is 5.27. The van der Waals surface area contributed by atoms with Gasteiger partial charge in [-0.05, 0) is 44.1 Å². The third-order valence-electron chi connectivity index (χ3n) is 3.40. The molecular weight excluding hydrogens is 356 g/mol. The first-order chi connectivity index (χ1) is 10.0. The molecule has 0 aliphatic carbocycles. The predicted octanol–water partition coefficient (Wildman–Crippen LogP) is 1.80. The van der Waals surface area contributed by atoms with Crippen molar-refractivity contribution in [2.75, 3.05) is 26.0 Å². The summed E-state index contributed by atoms with van der Waals surface area (Å²) in [5.74, 6) is 0.988. The molecule has 0 amide bonds. The highest BCUT2D eigenvalue weighted by Crippen LogP contribution is 2.32. The minimum atomic E-state index is -3.24. The first-order valence-electron chi connectivity index (χ1n) is 7.08. The van der Waals surface area contributed by atoms with Gasteiger partial charge < -0.3 is 10.1 Å². The molecular formula is C14H21BrN2O3S. The number of hydrogen-bond donors (Lipinski definition) is 2. The fourth-order valence-electron chi connectivity index (χ4n) is 2.33. The van der Waals surface area contributed by atoms with Crippen molar-refractivity contribution in [3.63, 3.8) is 0 Å². The van der Waals surface area contributed by atoms with Crippen LogP contribution in [0.4, 0.5) is 0 Å². The molecule has 0 atom stereocenters. The van der Waals surface area contributed by atoms with Gasteiger partial charge in [0.15, 0.2) is 0 Å². The molecule has 0 saturated carbocycles. The fourth-order valence-corrected chi connectivity index (χ4v) is 3.99. The Hall–Kier alpha value is -0.630. The lowest BCUT2D eigenvalue weighted by molar-refractivity contribution is 0.353. The largest absolute Gasteiger partial charge is 0.493 e. The van der Waals surface area contributed by atoms with Crippen LogP contribution in [0.5, 0.6) is 5.75 Å². The molecule has 5 nitrogen and oxygen atoms in total. The second-order valence-corrected chi connectivity index (χ2v) is 7.94. The number of rotatable bonds is 8. The van der Waals surface area contributed by atoms with Gasteiger partial charge in [-0.15, -0.1) is 0 Å². The van der Waals surface area contributed by atoms with E-state index in [0.29, 0.717) is 13.0 Å². The molecule has 118 valence electrons. The van der Waals surface area contributed by atoms with Gasteiger partial charge in [-0.25, -0.2) is 13.1 Å². The molecule has 1 aliphatic heterocycles. The molecule has 0 fully saturated rings. The number of ether oxygens (including phenoxy) is 1. The Bertz CT molecular complexity index is 590. The topological polar surface area (TPSA) is 67.4 Å². The third kappa shape index (κ3) is 4.95. The Balaban J connectivity index is 1.94. The fraction of sp³-hybridized carbons (Fsp3) is 0.571. The van der Waals surface area contributed by atoms with Crippen molar-refractivity contribution in [1.82, 2.24) is 10.0 Å². The average molecular weight is 377 g/mol. The molecule has 0 saturated heterocycles. The van der Waals surface area contributed by atoms with E-state index in [1.165, 1.54) is 0 Å². The number of halogens is 1. The summed E-state index contributed by atoms with van der Waals surface area (Å²) in [6, 6.07) is 3.94. The maximum absolute atomic E-state index is 12.0. The standard InChI is InChI=1S/C14H21BrN2O3S/c1-16-5-2-3-7-21(18,19)17-10-12-9-13(15)8-11-4-6-20-14(11)12/h8-9,16-17H,2-7,10H2,1H3. The zero-order valence-electron chi connectivity index (χ0n) is 12.1. The smallest absolute Gasteiger partial charge is 0.211 e. The number of sulfonamides is 1. The molecule has 7 heteroatoms. The van der Waals surface area contributed by atoms with Crippen LogP contribution in [0.25, 0.3) is 0 Å². The molecule has 0 radical (unpaired) electrons. The van der Waals surface area contributed by atoms with E-state index < -0.39 is 10.0 Å². The zero-order valence-corrected chi connectivity index (χ0v) is 14.5. The Morgan fingerprint density at radius 2 is 2.14 bits per heavy atom. The predicted molar refractivity (Wildman–Crippen MR) is 87.1 cm³/mol. The Labute approximate surface area is 134 Å². The molecule has 0 bridgehead atoms. The average Bonchev–Trinajstić information content (AvgIpc) is 2.89. The molecule has 2 rings (SSSR count). The Morgan fingerprint density at radius 1 is 1.33 bits per heavy atom. The molecule has 1 heterocycles. The van der Waals surface area contributed by atoms with Gasteiger partial charge in [0.1, 0.15) is 5.75 Å². The number of benzene rings is 1. The van der Waals surface area contributed by atoms with E-state index >= 15 is 0 Å². The first-order valence-corrected chi connectivity index (χ1v) is 9.52. The van der Waals surface area contributed by atoms with Crippen LogP contribution in [0, 0.1) is 0 Å². The summed E-state index contributed by atoms with van der Waals surface area (Å²) in [5, 5.41) is 3.01. The van der Waals surface area contributed by atoms with Crippen molar-refractivity contribution in [2.24, 2.45) is 0 Å². The minimum Gasteiger partial charge on any atom is -0.493 e. The van der Waals surface area contributed by atoms with E-state index in [4.69, 9.17) is 4.74 Å². The van der Waals surface area contributed by atoms with Gasteiger partial charge in [0.25, 0.3) is 0 Å². The Morgan fingerprint density at radius 3 is 2.90 bits per heavy atom. The maximum atomic E-state index is 12.0. The second kappa shape index (κ2) is 7.58. The van der Waals surface area contributed by atoms with Crippen LogP contribution in [0.2, 0.25) is 0 Å². The summed E-state index contributed by atoms with van der Waals surface area (Å²) >= 11 is 3.46. The van der Waals surface area contributed by atoms with E-state index in [9.17, 15) is 8.42 Å². The summed E-state index contributed by atoms with van der Waals surface area (Å²) in [4.78, 5) is 0. The van der Waals surface area contributed by atoms with Gasteiger partial charge in [0.2, 0.25) is 10.0 Å². The van der Waals surface area contributed by atoms with Crippen molar-refractivity contribution < 1.29 is 13.2 Å². The van der Waals surface area contributed by atoms with E-state index in [1.54, 1.807) is 0 Å². The van der Waals surface area contributed by atoms with E-state index in [2.05, 4.69) is 26.0 Å². The quantitative estimate of drug-likeness (QED) is 0.678. The highest BCUT2D eigenvalue weighted by atomic mass is 79.9. The monoisotopic (exact) mass is 376 g/mol. The lowest BCUT2D eigenvalue weighted by atomic mass is 10.1. The maximum Gasteiger partial charge on any atom is 0.211 e. The summed E-state index contributed by atoms with van der Waals surface area (Å²) in [6.45, 7) is 1.77. The lowest BCUT2D eigenvalue weighted by Crippen LogP contribution is -2.26. The van der Waals surface area contributed by atoms with Crippen LogP contribution in [0.1, 0.15) is 24.0 Å². The van der Waals surface area contributed by atoms with Crippen LogP contribution < -0.4 is 14.8 Å².